The van der Waals surface area contributed by atoms with Crippen molar-refractivity contribution in [3.05, 3.63) is 82.9 Å². The van der Waals surface area contributed by atoms with Crippen molar-refractivity contribution < 1.29 is 13.8 Å². The first kappa shape index (κ1) is 27.4. The summed E-state index contributed by atoms with van der Waals surface area (Å²) in [6.45, 7) is 17.8. The molecule has 1 unspecified atom stereocenters. The molecule has 0 fully saturated rings. The normalized spacial score (nSPS) is 16.0. The first-order valence-corrected chi connectivity index (χ1v) is 14.3. The zero-order chi connectivity index (χ0) is 27.1. The molecule has 1 aliphatic heterocycles. The predicted octanol–water partition coefficient (Wildman–Crippen LogP) is 7.51. The third-order valence-corrected chi connectivity index (χ3v) is 8.41. The van der Waals surface area contributed by atoms with Gasteiger partial charge in [0.2, 0.25) is 0 Å². The molecule has 0 saturated carbocycles. The first-order chi connectivity index (χ1) is 17.3. The van der Waals surface area contributed by atoms with Gasteiger partial charge in [0, 0.05) is 5.56 Å². The molecule has 0 saturated heterocycles. The third-order valence-electron chi connectivity index (χ3n) is 6.91. The minimum absolute atomic E-state index is 0.0942. The molecule has 0 radical (unpaired) electrons. The maximum Gasteiger partial charge on any atom is 0.328 e. The van der Waals surface area contributed by atoms with Crippen molar-refractivity contribution >= 4 is 19.6 Å². The van der Waals surface area contributed by atoms with Crippen LogP contribution >= 0.6 is 8.38 Å². The minimum Gasteiger partial charge on any atom is -0.435 e. The SMILES string of the molecule is CC(C)c1cc(C(C)(C)C)c(C[C@H](N)C(=O)OP2Oc3ccccc3-c3ccccc32)c(C(C)(C)C)c1. The van der Waals surface area contributed by atoms with Gasteiger partial charge in [-0.15, -0.1) is 0 Å². The lowest BCUT2D eigenvalue weighted by molar-refractivity contribution is -0.135. The zero-order valence-electron chi connectivity index (χ0n) is 23.4. The Balaban J connectivity index is 1.66. The Labute approximate surface area is 223 Å². The molecule has 3 aromatic rings. The molecule has 4 rings (SSSR count). The third kappa shape index (κ3) is 5.76. The van der Waals surface area contributed by atoms with E-state index >= 15 is 0 Å². The van der Waals surface area contributed by atoms with Crippen LogP contribution in [0.5, 0.6) is 5.75 Å². The number of hydrogen-bond acceptors (Lipinski definition) is 4. The average Bonchev–Trinajstić information content (AvgIpc) is 2.82. The van der Waals surface area contributed by atoms with Crippen molar-refractivity contribution in [3.8, 4) is 16.9 Å². The van der Waals surface area contributed by atoms with Crippen LogP contribution in [-0.4, -0.2) is 12.0 Å². The number of benzene rings is 3. The summed E-state index contributed by atoms with van der Waals surface area (Å²) in [5, 5.41) is 0.892. The maximum absolute atomic E-state index is 13.4. The second-order valence-electron chi connectivity index (χ2n) is 12.3. The summed E-state index contributed by atoms with van der Waals surface area (Å²) < 4.78 is 12.2. The van der Waals surface area contributed by atoms with Gasteiger partial charge in [-0.05, 0) is 63.1 Å². The molecule has 196 valence electrons. The van der Waals surface area contributed by atoms with Gasteiger partial charge >= 0.3 is 14.3 Å². The van der Waals surface area contributed by atoms with Crippen LogP contribution in [0.25, 0.3) is 11.1 Å². The van der Waals surface area contributed by atoms with Gasteiger partial charge in [-0.25, -0.2) is 0 Å². The van der Waals surface area contributed by atoms with Crippen LogP contribution in [0.2, 0.25) is 0 Å². The van der Waals surface area contributed by atoms with Crippen molar-refractivity contribution in [3.63, 3.8) is 0 Å². The molecule has 2 atom stereocenters. The van der Waals surface area contributed by atoms with E-state index in [0.29, 0.717) is 12.3 Å². The van der Waals surface area contributed by atoms with Crippen LogP contribution in [-0.2, 0) is 26.6 Å². The Morgan fingerprint density at radius 3 is 2.00 bits per heavy atom. The lowest BCUT2D eigenvalue weighted by Gasteiger charge is -2.33. The van der Waals surface area contributed by atoms with Crippen molar-refractivity contribution in [1.29, 1.82) is 0 Å². The number of rotatable bonds is 5. The van der Waals surface area contributed by atoms with Crippen LogP contribution in [0.3, 0.4) is 0 Å². The van der Waals surface area contributed by atoms with E-state index in [9.17, 15) is 4.79 Å². The van der Waals surface area contributed by atoms with E-state index in [4.69, 9.17) is 14.8 Å². The molecule has 4 nitrogen and oxygen atoms in total. The number of para-hydroxylation sites is 1. The highest BCUT2D eigenvalue weighted by Gasteiger charge is 2.34. The highest BCUT2D eigenvalue weighted by molar-refractivity contribution is 7.57. The van der Waals surface area contributed by atoms with Gasteiger partial charge in [0.25, 0.3) is 0 Å². The molecular formula is C32H40NO3P. The number of hydrogen-bond donors (Lipinski definition) is 1. The molecule has 5 heteroatoms. The number of carbonyl (C=O) groups is 1. The smallest absolute Gasteiger partial charge is 0.328 e. The molecule has 0 aromatic heterocycles. The molecule has 3 aromatic carbocycles. The number of nitrogens with two attached hydrogens (primary N) is 1. The van der Waals surface area contributed by atoms with E-state index in [-0.39, 0.29) is 10.8 Å². The summed E-state index contributed by atoms with van der Waals surface area (Å²) in [6, 6.07) is 19.6. The van der Waals surface area contributed by atoms with Crippen molar-refractivity contribution in [1.82, 2.24) is 0 Å². The summed E-state index contributed by atoms with van der Waals surface area (Å²) in [5.74, 6) is 0.694. The summed E-state index contributed by atoms with van der Waals surface area (Å²) in [7, 11) is -1.62. The quantitative estimate of drug-likeness (QED) is 0.356. The van der Waals surface area contributed by atoms with Crippen molar-refractivity contribution in [2.45, 2.75) is 84.6 Å². The minimum atomic E-state index is -1.62. The summed E-state index contributed by atoms with van der Waals surface area (Å²) in [5.41, 5.74) is 13.4. The van der Waals surface area contributed by atoms with Crippen molar-refractivity contribution in [2.24, 2.45) is 5.73 Å². The molecule has 1 heterocycles. The molecule has 37 heavy (non-hydrogen) atoms. The summed E-state index contributed by atoms with van der Waals surface area (Å²) >= 11 is 0. The summed E-state index contributed by atoms with van der Waals surface area (Å²) in [4.78, 5) is 13.4. The van der Waals surface area contributed by atoms with E-state index in [1.165, 1.54) is 16.7 Å². The Hall–Kier alpha value is -2.68. The highest BCUT2D eigenvalue weighted by Crippen LogP contribution is 2.49. The molecule has 1 aliphatic rings. The second kappa shape index (κ2) is 10.2. The van der Waals surface area contributed by atoms with E-state index < -0.39 is 20.4 Å². The maximum atomic E-state index is 13.4. The average molecular weight is 518 g/mol. The molecule has 2 N–H and O–H groups in total. The molecule has 0 aliphatic carbocycles. The lowest BCUT2D eigenvalue weighted by Crippen LogP contribution is -2.36. The van der Waals surface area contributed by atoms with Crippen LogP contribution < -0.4 is 15.6 Å². The van der Waals surface area contributed by atoms with Crippen LogP contribution in [0.1, 0.15) is 83.6 Å². The lowest BCUT2D eigenvalue weighted by atomic mass is 9.73. The standard InChI is InChI=1S/C32H40NO3P/c1-20(2)21-17-25(31(3,4)5)24(26(18-21)32(6,7)8)19-27(33)30(34)36-37-29-16-12-10-14-23(29)22-13-9-11-15-28(22)35-37/h9-18,20,27H,19,33H2,1-8H3/t27-,37?/m0/s1. The monoisotopic (exact) mass is 517 g/mol. The molecular weight excluding hydrogens is 477 g/mol. The van der Waals surface area contributed by atoms with E-state index in [1.54, 1.807) is 0 Å². The van der Waals surface area contributed by atoms with Gasteiger partial charge in [0.15, 0.2) is 0 Å². The predicted molar refractivity (Wildman–Crippen MR) is 155 cm³/mol. The fraction of sp³-hybridized carbons (Fsp3) is 0.406. The van der Waals surface area contributed by atoms with Crippen molar-refractivity contribution in [2.75, 3.05) is 0 Å². The Kier molecular flexibility index (Phi) is 7.57. The second-order valence-corrected chi connectivity index (χ2v) is 13.7. The number of fused-ring (bicyclic) bond motifs is 3. The van der Waals surface area contributed by atoms with Gasteiger partial charge < -0.3 is 14.8 Å². The van der Waals surface area contributed by atoms with E-state index in [0.717, 1.165) is 27.7 Å². The van der Waals surface area contributed by atoms with E-state index in [1.807, 2.05) is 48.5 Å². The molecule has 0 bridgehead atoms. The topological polar surface area (TPSA) is 61.6 Å². The van der Waals surface area contributed by atoms with Crippen LogP contribution in [0, 0.1) is 0 Å². The van der Waals surface area contributed by atoms with Gasteiger partial charge in [-0.3, -0.25) is 4.79 Å². The van der Waals surface area contributed by atoms with Gasteiger partial charge in [0.1, 0.15) is 11.8 Å². The largest absolute Gasteiger partial charge is 0.435 e. The zero-order valence-corrected chi connectivity index (χ0v) is 24.3. The Bertz CT molecular complexity index is 1260. The van der Waals surface area contributed by atoms with Crippen LogP contribution in [0.4, 0.5) is 0 Å². The van der Waals surface area contributed by atoms with Gasteiger partial charge in [-0.2, -0.15) is 0 Å². The van der Waals surface area contributed by atoms with Gasteiger partial charge in [0.05, 0.1) is 5.30 Å². The number of carbonyl (C=O) groups excluding carboxylic acids is 1. The summed E-state index contributed by atoms with van der Waals surface area (Å²) in [6.07, 6.45) is 0.415. The molecule has 0 spiro atoms. The van der Waals surface area contributed by atoms with Gasteiger partial charge in [-0.1, -0.05) is 104 Å². The van der Waals surface area contributed by atoms with E-state index in [2.05, 4.69) is 67.5 Å². The Morgan fingerprint density at radius 1 is 0.892 bits per heavy atom. The highest BCUT2D eigenvalue weighted by atomic mass is 31.2. The first-order valence-electron chi connectivity index (χ1n) is 13.1. The fourth-order valence-electron chi connectivity index (χ4n) is 4.87. The Morgan fingerprint density at radius 2 is 1.43 bits per heavy atom. The van der Waals surface area contributed by atoms with Crippen LogP contribution in [0.15, 0.2) is 60.7 Å². The molecule has 0 amide bonds. The fourth-order valence-corrected chi connectivity index (χ4v) is 6.34.